The maximum Gasteiger partial charge on any atom is 0.266 e. The molecule has 0 spiro atoms. The number of nitrogens with one attached hydrogen (secondary N) is 1. The standard InChI is InChI=1S/C19H22N2O4S2/c1-2-3-8-20-17(22)5-4-9-21-18(23)16(27-19(21)26)11-13-6-7-14-15(10-13)25-12-24-14/h6-7,10-11H,2-5,8-9,12H2,1H3,(H,20,22)/b16-11+. The minimum atomic E-state index is -0.117. The van der Waals surface area contributed by atoms with Crippen molar-refractivity contribution in [3.05, 3.63) is 28.7 Å². The van der Waals surface area contributed by atoms with Crippen molar-refractivity contribution in [2.45, 2.75) is 32.6 Å². The number of thioether (sulfide) groups is 1. The van der Waals surface area contributed by atoms with Gasteiger partial charge in [-0.3, -0.25) is 14.5 Å². The van der Waals surface area contributed by atoms with Crippen molar-refractivity contribution in [1.29, 1.82) is 0 Å². The summed E-state index contributed by atoms with van der Waals surface area (Å²) in [5, 5.41) is 2.88. The Labute approximate surface area is 168 Å². The van der Waals surface area contributed by atoms with Crippen molar-refractivity contribution in [2.24, 2.45) is 0 Å². The lowest BCUT2D eigenvalue weighted by molar-refractivity contribution is -0.124. The zero-order chi connectivity index (χ0) is 19.2. The fraction of sp³-hybridized carbons (Fsp3) is 0.421. The molecule has 8 heteroatoms. The van der Waals surface area contributed by atoms with Crippen molar-refractivity contribution >= 4 is 46.2 Å². The van der Waals surface area contributed by atoms with Crippen LogP contribution in [0.2, 0.25) is 0 Å². The van der Waals surface area contributed by atoms with Gasteiger partial charge < -0.3 is 14.8 Å². The van der Waals surface area contributed by atoms with Gasteiger partial charge in [-0.2, -0.15) is 0 Å². The average Bonchev–Trinajstić information content (AvgIpc) is 3.21. The molecule has 27 heavy (non-hydrogen) atoms. The van der Waals surface area contributed by atoms with Gasteiger partial charge in [0.1, 0.15) is 4.32 Å². The number of nitrogens with zero attached hydrogens (tertiary/aromatic N) is 1. The summed E-state index contributed by atoms with van der Waals surface area (Å²) in [5.41, 5.74) is 0.857. The van der Waals surface area contributed by atoms with Gasteiger partial charge >= 0.3 is 0 Å². The second kappa shape index (κ2) is 9.23. The lowest BCUT2D eigenvalue weighted by atomic mass is 10.2. The van der Waals surface area contributed by atoms with E-state index in [4.69, 9.17) is 21.7 Å². The maximum absolute atomic E-state index is 12.6. The van der Waals surface area contributed by atoms with Crippen LogP contribution < -0.4 is 14.8 Å². The van der Waals surface area contributed by atoms with E-state index in [1.165, 1.54) is 11.8 Å². The highest BCUT2D eigenvalue weighted by Gasteiger charge is 2.31. The average molecular weight is 407 g/mol. The third-order valence-electron chi connectivity index (χ3n) is 4.21. The number of carbonyl (C=O) groups excluding carboxylic acids is 2. The lowest BCUT2D eigenvalue weighted by Gasteiger charge is -2.14. The predicted octanol–water partition coefficient (Wildman–Crippen LogP) is 3.31. The second-order valence-corrected chi connectivity index (χ2v) is 7.93. The van der Waals surface area contributed by atoms with Gasteiger partial charge in [0, 0.05) is 19.5 Å². The maximum atomic E-state index is 12.6. The number of thiocarbonyl (C=S) groups is 1. The summed E-state index contributed by atoms with van der Waals surface area (Å²) in [6, 6.07) is 5.54. The molecule has 1 fully saturated rings. The molecule has 0 bridgehead atoms. The molecule has 0 atom stereocenters. The van der Waals surface area contributed by atoms with E-state index in [2.05, 4.69) is 12.2 Å². The van der Waals surface area contributed by atoms with E-state index in [1.807, 2.05) is 18.2 Å². The summed E-state index contributed by atoms with van der Waals surface area (Å²) < 4.78 is 11.2. The Morgan fingerprint density at radius 3 is 2.96 bits per heavy atom. The molecular weight excluding hydrogens is 384 g/mol. The van der Waals surface area contributed by atoms with Crippen LogP contribution in [0.5, 0.6) is 11.5 Å². The zero-order valence-electron chi connectivity index (χ0n) is 15.2. The Hall–Kier alpha value is -2.06. The van der Waals surface area contributed by atoms with Crippen LogP contribution in [0, 0.1) is 0 Å². The van der Waals surface area contributed by atoms with Crippen LogP contribution in [0.4, 0.5) is 0 Å². The smallest absolute Gasteiger partial charge is 0.266 e. The molecule has 0 saturated carbocycles. The molecular formula is C19H22N2O4S2. The van der Waals surface area contributed by atoms with E-state index in [1.54, 1.807) is 11.0 Å². The molecule has 2 aliphatic heterocycles. The molecule has 0 radical (unpaired) electrons. The third kappa shape index (κ3) is 5.01. The van der Waals surface area contributed by atoms with Crippen molar-refractivity contribution in [1.82, 2.24) is 10.2 Å². The first-order chi connectivity index (χ1) is 13.1. The Morgan fingerprint density at radius 2 is 2.15 bits per heavy atom. The molecule has 2 amide bonds. The predicted molar refractivity (Wildman–Crippen MR) is 110 cm³/mol. The van der Waals surface area contributed by atoms with E-state index >= 15 is 0 Å². The molecule has 1 aromatic carbocycles. The minimum absolute atomic E-state index is 0.0183. The molecule has 6 nitrogen and oxygen atoms in total. The summed E-state index contributed by atoms with van der Waals surface area (Å²) in [4.78, 5) is 26.5. The lowest BCUT2D eigenvalue weighted by Crippen LogP contribution is -2.30. The monoisotopic (exact) mass is 406 g/mol. The molecule has 0 aromatic heterocycles. The Balaban J connectivity index is 1.54. The van der Waals surface area contributed by atoms with Gasteiger partial charge in [-0.25, -0.2) is 0 Å². The van der Waals surface area contributed by atoms with Gasteiger partial charge in [0.15, 0.2) is 11.5 Å². The van der Waals surface area contributed by atoms with Crippen LogP contribution in [-0.2, 0) is 9.59 Å². The third-order valence-corrected chi connectivity index (χ3v) is 5.58. The highest BCUT2D eigenvalue weighted by molar-refractivity contribution is 8.26. The molecule has 1 N–H and O–H groups in total. The van der Waals surface area contributed by atoms with E-state index in [-0.39, 0.29) is 18.6 Å². The number of carbonyl (C=O) groups is 2. The first-order valence-corrected chi connectivity index (χ1v) is 10.2. The summed E-state index contributed by atoms with van der Waals surface area (Å²) in [6.45, 7) is 3.45. The van der Waals surface area contributed by atoms with Gasteiger partial charge in [0.25, 0.3) is 5.91 Å². The summed E-state index contributed by atoms with van der Waals surface area (Å²) in [6.07, 6.45) is 4.81. The molecule has 3 rings (SSSR count). The normalized spacial score (nSPS) is 17.1. The number of fused-ring (bicyclic) bond motifs is 1. The second-order valence-electron chi connectivity index (χ2n) is 6.25. The van der Waals surface area contributed by atoms with Crippen LogP contribution in [0.3, 0.4) is 0 Å². The highest BCUT2D eigenvalue weighted by atomic mass is 32.2. The zero-order valence-corrected chi connectivity index (χ0v) is 16.8. The number of rotatable bonds is 8. The molecule has 0 unspecified atom stereocenters. The number of hydrogen-bond acceptors (Lipinski definition) is 6. The SMILES string of the molecule is CCCCNC(=O)CCCN1C(=O)/C(=C\c2ccc3c(c2)OCO3)SC1=S. The van der Waals surface area contributed by atoms with Crippen molar-refractivity contribution < 1.29 is 19.1 Å². The van der Waals surface area contributed by atoms with Crippen LogP contribution in [0.1, 0.15) is 38.2 Å². The first kappa shape index (κ1) is 19.7. The van der Waals surface area contributed by atoms with E-state index in [0.29, 0.717) is 46.7 Å². The van der Waals surface area contributed by atoms with Gasteiger partial charge in [0.05, 0.1) is 4.91 Å². The summed E-state index contributed by atoms with van der Waals surface area (Å²) in [7, 11) is 0. The molecule has 2 heterocycles. The number of benzene rings is 1. The fourth-order valence-electron chi connectivity index (χ4n) is 2.74. The summed E-state index contributed by atoms with van der Waals surface area (Å²) >= 11 is 6.62. The molecule has 1 saturated heterocycles. The first-order valence-electron chi connectivity index (χ1n) is 9.00. The topological polar surface area (TPSA) is 67.9 Å². The largest absolute Gasteiger partial charge is 0.454 e. The quantitative estimate of drug-likeness (QED) is 0.406. The van der Waals surface area contributed by atoms with Crippen LogP contribution in [-0.4, -0.2) is 40.9 Å². The van der Waals surface area contributed by atoms with Crippen LogP contribution in [0.15, 0.2) is 23.1 Å². The molecule has 2 aliphatic rings. The van der Waals surface area contributed by atoms with Crippen molar-refractivity contribution in [3.8, 4) is 11.5 Å². The molecule has 144 valence electrons. The van der Waals surface area contributed by atoms with E-state index < -0.39 is 0 Å². The van der Waals surface area contributed by atoms with Crippen molar-refractivity contribution in [2.75, 3.05) is 19.9 Å². The summed E-state index contributed by atoms with van der Waals surface area (Å²) in [5.74, 6) is 1.28. The van der Waals surface area contributed by atoms with E-state index in [9.17, 15) is 9.59 Å². The Morgan fingerprint density at radius 1 is 1.33 bits per heavy atom. The number of ether oxygens (including phenoxy) is 2. The Bertz CT molecular complexity index is 779. The van der Waals surface area contributed by atoms with E-state index in [0.717, 1.165) is 18.4 Å². The number of unbranched alkanes of at least 4 members (excludes halogenated alkanes) is 1. The van der Waals surface area contributed by atoms with Gasteiger partial charge in [-0.05, 0) is 36.6 Å². The fourth-order valence-corrected chi connectivity index (χ4v) is 4.05. The number of amides is 2. The van der Waals surface area contributed by atoms with Crippen LogP contribution in [0.25, 0.3) is 6.08 Å². The highest BCUT2D eigenvalue weighted by Crippen LogP contribution is 2.36. The Kier molecular flexibility index (Phi) is 6.73. The number of hydrogen-bond donors (Lipinski definition) is 1. The van der Waals surface area contributed by atoms with Crippen molar-refractivity contribution in [3.63, 3.8) is 0 Å². The molecule has 1 aromatic rings. The van der Waals surface area contributed by atoms with Gasteiger partial charge in [-0.15, -0.1) is 0 Å². The van der Waals surface area contributed by atoms with Gasteiger partial charge in [-0.1, -0.05) is 43.4 Å². The van der Waals surface area contributed by atoms with Crippen LogP contribution >= 0.6 is 24.0 Å². The van der Waals surface area contributed by atoms with Gasteiger partial charge in [0.2, 0.25) is 12.7 Å². The minimum Gasteiger partial charge on any atom is -0.454 e. The molecule has 0 aliphatic carbocycles.